The zero-order valence-corrected chi connectivity index (χ0v) is 16.7. The second-order valence-corrected chi connectivity index (χ2v) is 9.27. The quantitative estimate of drug-likeness (QED) is 0.549. The van der Waals surface area contributed by atoms with Crippen LogP contribution in [0.1, 0.15) is 50.2 Å². The second-order valence-electron chi connectivity index (χ2n) is 5.70. The average Bonchev–Trinajstić information content (AvgIpc) is 3.15. The number of amides is 1. The van der Waals surface area contributed by atoms with E-state index in [1.54, 1.807) is 12.1 Å². The monoisotopic (exact) mass is 441 g/mol. The van der Waals surface area contributed by atoms with E-state index in [2.05, 4.69) is 21.2 Å². The van der Waals surface area contributed by atoms with Gasteiger partial charge in [0.15, 0.2) is 6.61 Å². The van der Waals surface area contributed by atoms with Crippen LogP contribution in [0.15, 0.2) is 15.9 Å². The van der Waals surface area contributed by atoms with Crippen molar-refractivity contribution in [3.63, 3.8) is 0 Å². The van der Waals surface area contributed by atoms with Crippen LogP contribution in [0.25, 0.3) is 0 Å². The van der Waals surface area contributed by atoms with E-state index in [-0.39, 0.29) is 18.3 Å². The number of hydrogen-bond acceptors (Lipinski definition) is 6. The maximum absolute atomic E-state index is 12.6. The summed E-state index contributed by atoms with van der Waals surface area (Å²) in [7, 11) is 0. The van der Waals surface area contributed by atoms with Crippen LogP contribution in [0.5, 0.6) is 0 Å². The third-order valence-electron chi connectivity index (χ3n) is 3.85. The smallest absolute Gasteiger partial charge is 0.341 e. The Morgan fingerprint density at radius 1 is 1.20 bits per heavy atom. The molecule has 25 heavy (non-hydrogen) atoms. The van der Waals surface area contributed by atoms with Crippen LogP contribution >= 0.6 is 38.6 Å². The molecule has 0 unspecified atom stereocenters. The molecule has 132 valence electrons. The lowest BCUT2D eigenvalue weighted by Gasteiger charge is -2.12. The van der Waals surface area contributed by atoms with Crippen LogP contribution in [0.4, 0.5) is 5.00 Å². The number of carbonyl (C=O) groups is 3. The number of aryl methyl sites for hydroxylation is 1. The largest absolute Gasteiger partial charge is 0.454 e. The zero-order valence-electron chi connectivity index (χ0n) is 13.5. The summed E-state index contributed by atoms with van der Waals surface area (Å²) in [5, 5.41) is 3.25. The van der Waals surface area contributed by atoms with Crippen molar-refractivity contribution in [2.24, 2.45) is 0 Å². The van der Waals surface area contributed by atoms with Crippen molar-refractivity contribution in [1.82, 2.24) is 0 Å². The Hall–Kier alpha value is -1.51. The Labute approximate surface area is 161 Å². The molecular formula is C17H16BrNO4S2. The van der Waals surface area contributed by atoms with Gasteiger partial charge in [-0.05, 0) is 59.3 Å². The maximum atomic E-state index is 12.6. The molecule has 0 bridgehead atoms. The van der Waals surface area contributed by atoms with E-state index in [0.29, 0.717) is 15.4 Å². The zero-order chi connectivity index (χ0) is 18.0. The first-order valence-electron chi connectivity index (χ1n) is 7.83. The van der Waals surface area contributed by atoms with Crippen LogP contribution in [-0.4, -0.2) is 24.3 Å². The van der Waals surface area contributed by atoms with Gasteiger partial charge in [0.2, 0.25) is 11.7 Å². The first-order valence-corrected chi connectivity index (χ1v) is 10.3. The number of ether oxygens (including phenoxy) is 1. The minimum atomic E-state index is -0.549. The highest BCUT2D eigenvalue weighted by Crippen LogP contribution is 2.38. The normalized spacial score (nSPS) is 13.2. The number of rotatable bonds is 5. The van der Waals surface area contributed by atoms with Gasteiger partial charge >= 0.3 is 5.97 Å². The van der Waals surface area contributed by atoms with Crippen LogP contribution in [0.2, 0.25) is 0 Å². The molecule has 1 N–H and O–H groups in total. The number of Topliss-reactive ketones (excluding diaryl/α,β-unsaturated/α-hetero) is 1. The molecule has 0 saturated heterocycles. The molecule has 0 spiro atoms. The number of halogens is 1. The minimum absolute atomic E-state index is 0.229. The minimum Gasteiger partial charge on any atom is -0.454 e. The Bertz CT molecular complexity index is 840. The Morgan fingerprint density at radius 3 is 2.64 bits per heavy atom. The van der Waals surface area contributed by atoms with Crippen molar-refractivity contribution in [3.8, 4) is 0 Å². The second kappa shape index (κ2) is 7.80. The van der Waals surface area contributed by atoms with E-state index in [9.17, 15) is 14.4 Å². The molecule has 2 heterocycles. The summed E-state index contributed by atoms with van der Waals surface area (Å²) in [4.78, 5) is 37.8. The Kier molecular flexibility index (Phi) is 5.71. The lowest BCUT2D eigenvalue weighted by molar-refractivity contribution is -0.114. The molecule has 8 heteroatoms. The molecule has 3 rings (SSSR count). The van der Waals surface area contributed by atoms with Crippen molar-refractivity contribution in [2.75, 3.05) is 11.9 Å². The van der Waals surface area contributed by atoms with Gasteiger partial charge in [-0.25, -0.2) is 4.79 Å². The topological polar surface area (TPSA) is 72.5 Å². The summed E-state index contributed by atoms with van der Waals surface area (Å²) in [6.45, 7) is 1.10. The summed E-state index contributed by atoms with van der Waals surface area (Å²) < 4.78 is 6.11. The predicted molar refractivity (Wildman–Crippen MR) is 102 cm³/mol. The number of thiophene rings is 2. The third-order valence-corrected chi connectivity index (χ3v) is 6.72. The van der Waals surface area contributed by atoms with Crippen LogP contribution in [0, 0.1) is 0 Å². The van der Waals surface area contributed by atoms with Crippen LogP contribution in [0.3, 0.4) is 0 Å². The standard InChI is InChI=1S/C17H16BrNO4S2/c1-9(20)19-16-15(10-4-2-3-5-12(10)25-16)17(22)23-8-11(21)13-6-7-14(18)24-13/h6-7H,2-5,8H2,1H3,(H,19,20). The van der Waals surface area contributed by atoms with Crippen molar-refractivity contribution in [2.45, 2.75) is 32.6 Å². The summed E-state index contributed by atoms with van der Waals surface area (Å²) in [6.07, 6.45) is 3.78. The van der Waals surface area contributed by atoms with E-state index in [1.165, 1.54) is 29.6 Å². The number of esters is 1. The fraction of sp³-hybridized carbons (Fsp3) is 0.353. The molecule has 1 aliphatic rings. The molecule has 0 atom stereocenters. The summed E-state index contributed by atoms with van der Waals surface area (Å²) in [5.74, 6) is -1.02. The molecule has 0 fully saturated rings. The Balaban J connectivity index is 1.77. The van der Waals surface area contributed by atoms with E-state index >= 15 is 0 Å². The lowest BCUT2D eigenvalue weighted by atomic mass is 9.95. The van der Waals surface area contributed by atoms with Gasteiger partial charge in [-0.2, -0.15) is 0 Å². The number of fused-ring (bicyclic) bond motifs is 1. The number of anilines is 1. The maximum Gasteiger partial charge on any atom is 0.341 e. The van der Waals surface area contributed by atoms with Gasteiger partial charge in [0.25, 0.3) is 0 Å². The van der Waals surface area contributed by atoms with Gasteiger partial charge in [0.1, 0.15) is 5.00 Å². The van der Waals surface area contributed by atoms with Crippen molar-refractivity contribution < 1.29 is 19.1 Å². The van der Waals surface area contributed by atoms with Gasteiger partial charge < -0.3 is 10.1 Å². The third kappa shape index (κ3) is 4.19. The highest BCUT2D eigenvalue weighted by atomic mass is 79.9. The van der Waals surface area contributed by atoms with E-state index in [1.807, 2.05) is 0 Å². The summed E-state index contributed by atoms with van der Waals surface area (Å²) in [6, 6.07) is 3.48. The number of ketones is 1. The van der Waals surface area contributed by atoms with E-state index < -0.39 is 5.97 Å². The molecule has 0 radical (unpaired) electrons. The molecule has 2 aromatic heterocycles. The van der Waals surface area contributed by atoms with E-state index in [4.69, 9.17) is 4.74 Å². The fourth-order valence-corrected chi connectivity index (χ4v) is 5.40. The van der Waals surface area contributed by atoms with Gasteiger partial charge in [-0.3, -0.25) is 9.59 Å². The highest BCUT2D eigenvalue weighted by Gasteiger charge is 2.27. The van der Waals surface area contributed by atoms with Crippen molar-refractivity contribution >= 4 is 61.3 Å². The van der Waals surface area contributed by atoms with Gasteiger partial charge in [-0.15, -0.1) is 22.7 Å². The molecule has 0 saturated carbocycles. The number of carbonyl (C=O) groups excluding carboxylic acids is 3. The number of nitrogens with one attached hydrogen (secondary N) is 1. The van der Waals surface area contributed by atoms with Crippen LogP contribution in [-0.2, 0) is 22.4 Å². The fourth-order valence-electron chi connectivity index (χ4n) is 2.77. The van der Waals surface area contributed by atoms with Gasteiger partial charge in [-0.1, -0.05) is 0 Å². The van der Waals surface area contributed by atoms with Crippen LogP contribution < -0.4 is 5.32 Å². The van der Waals surface area contributed by atoms with Gasteiger partial charge in [0, 0.05) is 11.8 Å². The number of hydrogen-bond donors (Lipinski definition) is 1. The highest BCUT2D eigenvalue weighted by molar-refractivity contribution is 9.11. The summed E-state index contributed by atoms with van der Waals surface area (Å²) >= 11 is 6.04. The average molecular weight is 442 g/mol. The molecular weight excluding hydrogens is 426 g/mol. The van der Waals surface area contributed by atoms with Crippen molar-refractivity contribution in [1.29, 1.82) is 0 Å². The molecule has 1 amide bonds. The molecule has 2 aromatic rings. The SMILES string of the molecule is CC(=O)Nc1sc2c(c1C(=O)OCC(=O)c1ccc(Br)s1)CCCC2. The molecule has 0 aromatic carbocycles. The van der Waals surface area contributed by atoms with Gasteiger partial charge in [0.05, 0.1) is 14.2 Å². The molecule has 1 aliphatic carbocycles. The first-order chi connectivity index (χ1) is 12.0. The van der Waals surface area contributed by atoms with Crippen molar-refractivity contribution in [3.05, 3.63) is 36.8 Å². The molecule has 5 nitrogen and oxygen atoms in total. The van der Waals surface area contributed by atoms with E-state index in [0.717, 1.165) is 39.9 Å². The summed E-state index contributed by atoms with van der Waals surface area (Å²) in [5.41, 5.74) is 1.37. The predicted octanol–water partition coefficient (Wildman–Crippen LogP) is 4.45. The lowest BCUT2D eigenvalue weighted by Crippen LogP contribution is -2.17. The first kappa shape index (κ1) is 18.3. The Morgan fingerprint density at radius 2 is 1.96 bits per heavy atom. The molecule has 0 aliphatic heterocycles.